The Labute approximate surface area is 353 Å². The summed E-state index contributed by atoms with van der Waals surface area (Å²) in [6, 6.07) is 17.8. The Kier molecular flexibility index (Phi) is 12.5. The predicted molar refractivity (Wildman–Crippen MR) is 229 cm³/mol. The fourth-order valence-corrected chi connectivity index (χ4v) is 9.57. The highest BCUT2D eigenvalue weighted by Gasteiger charge is 2.39. The summed E-state index contributed by atoms with van der Waals surface area (Å²) in [5, 5.41) is 6.42. The van der Waals surface area contributed by atoms with Gasteiger partial charge in [0.2, 0.25) is 11.8 Å². The van der Waals surface area contributed by atoms with Gasteiger partial charge in [0, 0.05) is 32.3 Å². The Morgan fingerprint density at radius 2 is 1.48 bits per heavy atom. The van der Waals surface area contributed by atoms with Crippen molar-refractivity contribution >= 4 is 23.5 Å². The highest BCUT2D eigenvalue weighted by atomic mass is 16.5. The number of alkyl carbamates (subject to hydrolysis) is 1. The SMILES string of the molecule is COC(=O)N[C@H](C(=O)N1CCC[C@H]1c1ncc(-c2ccc(C3(C)CC=C(c4cnc([C@@H]5CCCN5C(=O)[C@H](NC5CCOCC5)c5ccccc5)[nH]4)CC3)cc2)[nH]1)C(C)C. The van der Waals surface area contributed by atoms with Gasteiger partial charge in [-0.3, -0.25) is 14.9 Å². The number of aromatic nitrogens is 4. The van der Waals surface area contributed by atoms with Gasteiger partial charge in [0.15, 0.2) is 0 Å². The molecule has 4 aliphatic rings. The number of H-pyrrole nitrogens is 2. The maximum Gasteiger partial charge on any atom is 0.407 e. The standard InChI is InChI=1S/C47H60N8O5/c1-30(2)40(53-46(58)59-4)44(56)54-24-8-12-38(54)42-48-28-36(51-42)31-14-16-34(17-15-31)47(3)22-18-32(19-23-47)37-29-49-43(52-37)39-13-9-25-55(39)45(57)41(33-10-6-5-7-11-33)50-35-20-26-60-27-21-35/h5-7,10-11,14-18,28-30,35,38-41,50H,8-9,12-13,19-27H2,1-4H3,(H,48,51)(H,49,52)(H,53,58)/t38-,39-,40-,41+,47?/m0/s1. The molecule has 318 valence electrons. The van der Waals surface area contributed by atoms with E-state index in [9.17, 15) is 14.4 Å². The number of benzene rings is 2. The molecule has 0 radical (unpaired) electrons. The number of methoxy groups -OCH3 is 1. The van der Waals surface area contributed by atoms with Crippen molar-refractivity contribution in [2.45, 2.75) is 114 Å². The lowest BCUT2D eigenvalue weighted by atomic mass is 9.71. The third-order valence-corrected chi connectivity index (χ3v) is 13.3. The second kappa shape index (κ2) is 18.1. The number of nitrogens with one attached hydrogen (secondary N) is 4. The van der Waals surface area contributed by atoms with E-state index in [-0.39, 0.29) is 41.3 Å². The van der Waals surface area contributed by atoms with E-state index >= 15 is 0 Å². The number of hydrogen-bond acceptors (Lipinski definition) is 8. The number of aromatic amines is 2. The van der Waals surface area contributed by atoms with Gasteiger partial charge in [-0.25, -0.2) is 14.8 Å². The van der Waals surface area contributed by atoms with Gasteiger partial charge in [-0.15, -0.1) is 0 Å². The van der Waals surface area contributed by atoms with E-state index < -0.39 is 18.2 Å². The van der Waals surface area contributed by atoms with Gasteiger partial charge >= 0.3 is 6.09 Å². The molecule has 3 saturated heterocycles. The lowest BCUT2D eigenvalue weighted by molar-refractivity contribution is -0.136. The van der Waals surface area contributed by atoms with Gasteiger partial charge in [-0.2, -0.15) is 0 Å². The molecule has 3 aliphatic heterocycles. The van der Waals surface area contributed by atoms with Crippen molar-refractivity contribution in [1.29, 1.82) is 0 Å². The van der Waals surface area contributed by atoms with Crippen LogP contribution in [0.4, 0.5) is 4.79 Å². The number of allylic oxidation sites excluding steroid dienone is 2. The van der Waals surface area contributed by atoms with Crippen LogP contribution in [0.2, 0.25) is 0 Å². The zero-order valence-corrected chi connectivity index (χ0v) is 35.4. The highest BCUT2D eigenvalue weighted by Crippen LogP contribution is 2.42. The number of carbonyl (C=O) groups is 3. The summed E-state index contributed by atoms with van der Waals surface area (Å²) < 4.78 is 10.4. The van der Waals surface area contributed by atoms with Crippen molar-refractivity contribution in [3.8, 4) is 11.3 Å². The van der Waals surface area contributed by atoms with Crippen LogP contribution in [0, 0.1) is 5.92 Å². The number of imidazole rings is 2. The van der Waals surface area contributed by atoms with E-state index in [0.29, 0.717) is 6.54 Å². The van der Waals surface area contributed by atoms with Gasteiger partial charge in [-0.1, -0.05) is 81.4 Å². The van der Waals surface area contributed by atoms with Gasteiger partial charge in [-0.05, 0) is 91.4 Å². The molecule has 1 aliphatic carbocycles. The molecule has 0 spiro atoms. The maximum atomic E-state index is 14.3. The molecule has 1 unspecified atom stereocenters. The van der Waals surface area contributed by atoms with Crippen LogP contribution in [0.1, 0.15) is 125 Å². The van der Waals surface area contributed by atoms with E-state index in [4.69, 9.17) is 19.4 Å². The Morgan fingerprint density at radius 3 is 2.10 bits per heavy atom. The van der Waals surface area contributed by atoms with E-state index in [1.165, 1.54) is 18.2 Å². The number of amides is 3. The first-order valence-corrected chi connectivity index (χ1v) is 21.9. The lowest BCUT2D eigenvalue weighted by Crippen LogP contribution is -2.51. The minimum atomic E-state index is -0.673. The Bertz CT molecular complexity index is 2140. The van der Waals surface area contributed by atoms with Crippen LogP contribution in [-0.2, 0) is 24.5 Å². The first-order chi connectivity index (χ1) is 29.1. The number of likely N-dealkylation sites (tertiary alicyclic amines) is 2. The summed E-state index contributed by atoms with van der Waals surface area (Å²) in [6.45, 7) is 8.94. The number of hydrogen-bond donors (Lipinski definition) is 4. The molecule has 0 bridgehead atoms. The zero-order valence-electron chi connectivity index (χ0n) is 35.4. The normalized spacial score (nSPS) is 23.4. The van der Waals surface area contributed by atoms with E-state index in [0.717, 1.165) is 112 Å². The molecule has 2 aromatic heterocycles. The molecule has 8 rings (SSSR count). The highest BCUT2D eigenvalue weighted by molar-refractivity contribution is 5.86. The van der Waals surface area contributed by atoms with Crippen molar-refractivity contribution in [3.05, 3.63) is 102 Å². The first-order valence-electron chi connectivity index (χ1n) is 21.9. The van der Waals surface area contributed by atoms with Gasteiger partial charge in [0.05, 0.1) is 43.0 Å². The molecule has 3 amide bonds. The largest absolute Gasteiger partial charge is 0.453 e. The van der Waals surface area contributed by atoms with Gasteiger partial charge in [0.1, 0.15) is 23.7 Å². The second-order valence-electron chi connectivity index (χ2n) is 17.6. The van der Waals surface area contributed by atoms with Crippen molar-refractivity contribution in [1.82, 2.24) is 40.4 Å². The molecule has 4 aromatic rings. The molecule has 60 heavy (non-hydrogen) atoms. The van der Waals surface area contributed by atoms with Crippen molar-refractivity contribution < 1.29 is 23.9 Å². The molecule has 3 fully saturated rings. The summed E-state index contributed by atoms with van der Waals surface area (Å²) >= 11 is 0. The van der Waals surface area contributed by atoms with Crippen molar-refractivity contribution in [2.75, 3.05) is 33.4 Å². The van der Waals surface area contributed by atoms with E-state index in [1.54, 1.807) is 0 Å². The number of ether oxygens (including phenoxy) is 2. The van der Waals surface area contributed by atoms with Crippen LogP contribution in [0.3, 0.4) is 0 Å². The summed E-state index contributed by atoms with van der Waals surface area (Å²) in [6.07, 6.45) is 13.7. The Morgan fingerprint density at radius 1 is 0.850 bits per heavy atom. The third kappa shape index (κ3) is 8.79. The number of carbonyl (C=O) groups excluding carboxylic acids is 3. The molecule has 0 saturated carbocycles. The van der Waals surface area contributed by atoms with E-state index in [1.807, 2.05) is 66.4 Å². The molecular formula is C47H60N8O5. The summed E-state index contributed by atoms with van der Waals surface area (Å²) in [5.41, 5.74) is 6.52. The first kappa shape index (κ1) is 41.5. The van der Waals surface area contributed by atoms with Crippen LogP contribution >= 0.6 is 0 Å². The maximum absolute atomic E-state index is 14.3. The predicted octanol–water partition coefficient (Wildman–Crippen LogP) is 7.54. The number of nitrogens with zero attached hydrogens (tertiary/aromatic N) is 4. The second-order valence-corrected chi connectivity index (χ2v) is 17.6. The molecule has 4 N–H and O–H groups in total. The van der Waals surface area contributed by atoms with Crippen molar-refractivity contribution in [2.24, 2.45) is 5.92 Å². The van der Waals surface area contributed by atoms with Crippen LogP contribution in [0.25, 0.3) is 16.8 Å². The monoisotopic (exact) mass is 816 g/mol. The molecule has 13 nitrogen and oxygen atoms in total. The molecule has 2 aromatic carbocycles. The summed E-state index contributed by atoms with van der Waals surface area (Å²) in [5.74, 6) is 1.52. The average molecular weight is 817 g/mol. The zero-order chi connectivity index (χ0) is 41.8. The minimum Gasteiger partial charge on any atom is -0.453 e. The quantitative estimate of drug-likeness (QED) is 0.114. The smallest absolute Gasteiger partial charge is 0.407 e. The Balaban J connectivity index is 0.909. The number of rotatable bonds is 12. The van der Waals surface area contributed by atoms with E-state index in [2.05, 4.69) is 57.9 Å². The van der Waals surface area contributed by atoms with Crippen molar-refractivity contribution in [3.63, 3.8) is 0 Å². The van der Waals surface area contributed by atoms with Crippen LogP contribution < -0.4 is 10.6 Å². The fourth-order valence-electron chi connectivity index (χ4n) is 9.57. The Hall–Kier alpha value is -5.27. The average Bonchev–Trinajstić information content (AvgIpc) is 4.13. The van der Waals surface area contributed by atoms with Crippen LogP contribution in [-0.4, -0.2) is 93.1 Å². The van der Waals surface area contributed by atoms with Crippen LogP contribution in [0.5, 0.6) is 0 Å². The lowest BCUT2D eigenvalue weighted by Gasteiger charge is -2.33. The third-order valence-electron chi connectivity index (χ3n) is 13.3. The summed E-state index contributed by atoms with van der Waals surface area (Å²) in [7, 11) is 1.30. The molecule has 5 atom stereocenters. The minimum absolute atomic E-state index is 0.0154. The van der Waals surface area contributed by atoms with Gasteiger partial charge in [0.25, 0.3) is 0 Å². The summed E-state index contributed by atoms with van der Waals surface area (Å²) in [4.78, 5) is 60.6. The topological polar surface area (TPSA) is 158 Å². The molecular weight excluding hydrogens is 757 g/mol. The molecule has 13 heteroatoms. The molecule has 5 heterocycles. The van der Waals surface area contributed by atoms with Crippen LogP contribution in [0.15, 0.2) is 73.1 Å². The van der Waals surface area contributed by atoms with Gasteiger partial charge < -0.3 is 34.6 Å². The fraction of sp³-hybridized carbons (Fsp3) is 0.511.